The quantitative estimate of drug-likeness (QED) is 0.857. The summed E-state index contributed by atoms with van der Waals surface area (Å²) in [6.07, 6.45) is 0. The van der Waals surface area contributed by atoms with Crippen molar-refractivity contribution in [2.24, 2.45) is 11.3 Å². The highest BCUT2D eigenvalue weighted by Gasteiger charge is 2.39. The molecular weight excluding hydrogens is 256 g/mol. The molecule has 1 rings (SSSR count). The summed E-state index contributed by atoms with van der Waals surface area (Å²) < 4.78 is 0. The van der Waals surface area contributed by atoms with Crippen molar-refractivity contribution in [3.05, 3.63) is 29.8 Å². The third kappa shape index (κ3) is 3.35. The van der Waals surface area contributed by atoms with Gasteiger partial charge in [0.1, 0.15) is 5.92 Å². The molecule has 0 aliphatic heterocycles. The second-order valence-electron chi connectivity index (χ2n) is 5.69. The molecule has 106 valence electrons. The zero-order valence-corrected chi connectivity index (χ0v) is 12.0. The molecule has 1 N–H and O–H groups in total. The number of nitrogens with zero attached hydrogens (tertiary/aromatic N) is 2. The Hall–Kier alpha value is -2.35. The maximum absolute atomic E-state index is 12.4. The summed E-state index contributed by atoms with van der Waals surface area (Å²) in [5.74, 6) is -2.74. The Morgan fingerprint density at radius 2 is 1.75 bits per heavy atom. The lowest BCUT2D eigenvalue weighted by Crippen LogP contribution is -2.43. The van der Waals surface area contributed by atoms with E-state index >= 15 is 0 Å². The standard InChI is InChI=1S/C15H18N2O3/c1-15(2,3)12(14(19)20)13(18)17(4)11-7-5-10(9-16)6-8-11/h5-8,12H,1-4H3,(H,19,20). The molecule has 1 atom stereocenters. The minimum Gasteiger partial charge on any atom is -0.481 e. The molecule has 0 saturated carbocycles. The van der Waals surface area contributed by atoms with Crippen molar-refractivity contribution in [2.45, 2.75) is 20.8 Å². The third-order valence-electron chi connectivity index (χ3n) is 3.07. The van der Waals surface area contributed by atoms with E-state index in [-0.39, 0.29) is 0 Å². The maximum Gasteiger partial charge on any atom is 0.316 e. The van der Waals surface area contributed by atoms with Crippen LogP contribution >= 0.6 is 0 Å². The normalized spacial score (nSPS) is 12.3. The first-order valence-corrected chi connectivity index (χ1v) is 6.19. The number of benzene rings is 1. The van der Waals surface area contributed by atoms with Gasteiger partial charge in [0.05, 0.1) is 11.6 Å². The van der Waals surface area contributed by atoms with E-state index in [1.807, 2.05) is 6.07 Å². The van der Waals surface area contributed by atoms with Crippen LogP contribution in [0.3, 0.4) is 0 Å². The number of carboxylic acid groups (broad SMARTS) is 1. The second-order valence-corrected chi connectivity index (χ2v) is 5.69. The highest BCUT2D eigenvalue weighted by Crippen LogP contribution is 2.29. The van der Waals surface area contributed by atoms with E-state index in [2.05, 4.69) is 0 Å². The van der Waals surface area contributed by atoms with Crippen molar-refractivity contribution in [1.82, 2.24) is 0 Å². The van der Waals surface area contributed by atoms with E-state index in [9.17, 15) is 14.7 Å². The van der Waals surface area contributed by atoms with Crippen LogP contribution in [0, 0.1) is 22.7 Å². The van der Waals surface area contributed by atoms with Gasteiger partial charge < -0.3 is 10.0 Å². The van der Waals surface area contributed by atoms with Crippen molar-refractivity contribution < 1.29 is 14.7 Å². The van der Waals surface area contributed by atoms with Gasteiger partial charge in [0.25, 0.3) is 0 Å². The number of carboxylic acids is 1. The highest BCUT2D eigenvalue weighted by atomic mass is 16.4. The van der Waals surface area contributed by atoms with E-state index in [1.54, 1.807) is 45.0 Å². The molecule has 0 heterocycles. The Balaban J connectivity index is 3.06. The predicted octanol–water partition coefficient (Wildman–Crippen LogP) is 2.27. The monoisotopic (exact) mass is 274 g/mol. The summed E-state index contributed by atoms with van der Waals surface area (Å²) in [5.41, 5.74) is 0.369. The van der Waals surface area contributed by atoms with Crippen LogP contribution in [0.1, 0.15) is 26.3 Å². The van der Waals surface area contributed by atoms with Crippen LogP contribution in [0.15, 0.2) is 24.3 Å². The largest absolute Gasteiger partial charge is 0.481 e. The van der Waals surface area contributed by atoms with Gasteiger partial charge in [0, 0.05) is 12.7 Å². The summed E-state index contributed by atoms with van der Waals surface area (Å²) in [6.45, 7) is 5.16. The average Bonchev–Trinajstić information content (AvgIpc) is 2.35. The third-order valence-corrected chi connectivity index (χ3v) is 3.07. The molecule has 1 unspecified atom stereocenters. The van der Waals surface area contributed by atoms with Crippen molar-refractivity contribution in [3.8, 4) is 6.07 Å². The maximum atomic E-state index is 12.4. The van der Waals surface area contributed by atoms with Crippen molar-refractivity contribution in [1.29, 1.82) is 5.26 Å². The molecule has 0 aromatic heterocycles. The lowest BCUT2D eigenvalue weighted by Gasteiger charge is -2.30. The number of amides is 1. The van der Waals surface area contributed by atoms with Crippen molar-refractivity contribution >= 4 is 17.6 Å². The molecule has 5 heteroatoms. The molecule has 1 amide bonds. The predicted molar refractivity (Wildman–Crippen MR) is 75.1 cm³/mol. The van der Waals surface area contributed by atoms with E-state index in [0.29, 0.717) is 11.3 Å². The van der Waals surface area contributed by atoms with Crippen LogP contribution in [0.5, 0.6) is 0 Å². The lowest BCUT2D eigenvalue weighted by atomic mass is 9.80. The topological polar surface area (TPSA) is 81.4 Å². The summed E-state index contributed by atoms with van der Waals surface area (Å²) in [6, 6.07) is 8.41. The van der Waals surface area contributed by atoms with Gasteiger partial charge in [-0.2, -0.15) is 5.26 Å². The van der Waals surface area contributed by atoms with Gasteiger partial charge in [-0.1, -0.05) is 20.8 Å². The van der Waals surface area contributed by atoms with E-state index < -0.39 is 23.2 Å². The first-order chi connectivity index (χ1) is 9.18. The summed E-state index contributed by atoms with van der Waals surface area (Å²) in [4.78, 5) is 25.0. The van der Waals surface area contributed by atoms with Gasteiger partial charge in [-0.3, -0.25) is 9.59 Å². The molecule has 0 aliphatic carbocycles. The molecule has 1 aromatic carbocycles. The number of rotatable bonds is 3. The Labute approximate surface area is 118 Å². The zero-order valence-electron chi connectivity index (χ0n) is 12.0. The fourth-order valence-corrected chi connectivity index (χ4v) is 1.93. The molecule has 0 saturated heterocycles. The Morgan fingerprint density at radius 1 is 1.25 bits per heavy atom. The van der Waals surface area contributed by atoms with Crippen LogP contribution in [-0.4, -0.2) is 24.0 Å². The Bertz CT molecular complexity index is 550. The van der Waals surface area contributed by atoms with Gasteiger partial charge >= 0.3 is 5.97 Å². The van der Waals surface area contributed by atoms with E-state index in [4.69, 9.17) is 5.26 Å². The smallest absolute Gasteiger partial charge is 0.316 e. The molecule has 1 aromatic rings. The molecule has 0 fully saturated rings. The van der Waals surface area contributed by atoms with Gasteiger partial charge in [-0.25, -0.2) is 0 Å². The number of hydrogen-bond donors (Lipinski definition) is 1. The second kappa shape index (κ2) is 5.74. The lowest BCUT2D eigenvalue weighted by molar-refractivity contribution is -0.150. The van der Waals surface area contributed by atoms with Crippen LogP contribution in [0.25, 0.3) is 0 Å². The summed E-state index contributed by atoms with van der Waals surface area (Å²) in [5, 5.41) is 18.0. The van der Waals surface area contributed by atoms with Crippen molar-refractivity contribution in [2.75, 3.05) is 11.9 Å². The minimum atomic E-state index is -1.14. The van der Waals surface area contributed by atoms with Gasteiger partial charge in [-0.05, 0) is 29.7 Å². The first-order valence-electron chi connectivity index (χ1n) is 6.19. The Kier molecular flexibility index (Phi) is 4.51. The fourth-order valence-electron chi connectivity index (χ4n) is 1.93. The summed E-state index contributed by atoms with van der Waals surface area (Å²) in [7, 11) is 1.53. The van der Waals surface area contributed by atoms with Crippen LogP contribution in [0.2, 0.25) is 0 Å². The number of aliphatic carboxylic acids is 1. The summed E-state index contributed by atoms with van der Waals surface area (Å²) >= 11 is 0. The van der Waals surface area contributed by atoms with E-state index in [0.717, 1.165) is 0 Å². The van der Waals surface area contributed by atoms with Crippen LogP contribution in [0.4, 0.5) is 5.69 Å². The van der Waals surface area contributed by atoms with Gasteiger partial charge in [0.15, 0.2) is 0 Å². The first kappa shape index (κ1) is 15.7. The molecule has 20 heavy (non-hydrogen) atoms. The van der Waals surface area contributed by atoms with Gasteiger partial charge in [0.2, 0.25) is 5.91 Å². The minimum absolute atomic E-state index is 0.477. The molecule has 5 nitrogen and oxygen atoms in total. The zero-order chi connectivity index (χ0) is 15.5. The number of nitriles is 1. The number of carbonyl (C=O) groups is 2. The molecule has 0 spiro atoms. The highest BCUT2D eigenvalue weighted by molar-refractivity contribution is 6.06. The molecule has 0 radical (unpaired) electrons. The van der Waals surface area contributed by atoms with E-state index in [1.165, 1.54) is 11.9 Å². The Morgan fingerprint density at radius 3 is 2.10 bits per heavy atom. The molecule has 0 aliphatic rings. The van der Waals surface area contributed by atoms with Crippen LogP contribution < -0.4 is 4.90 Å². The van der Waals surface area contributed by atoms with Gasteiger partial charge in [-0.15, -0.1) is 0 Å². The number of anilines is 1. The fraction of sp³-hybridized carbons (Fsp3) is 0.400. The number of hydrogen-bond acceptors (Lipinski definition) is 3. The van der Waals surface area contributed by atoms with Crippen molar-refractivity contribution in [3.63, 3.8) is 0 Å². The average molecular weight is 274 g/mol. The number of carbonyl (C=O) groups excluding carboxylic acids is 1. The SMILES string of the molecule is CN(C(=O)C(C(=O)O)C(C)(C)C)c1ccc(C#N)cc1. The molecule has 0 bridgehead atoms. The molecular formula is C15H18N2O3. The van der Waals surface area contributed by atoms with Crippen LogP contribution in [-0.2, 0) is 9.59 Å².